The lowest BCUT2D eigenvalue weighted by Crippen LogP contribution is -1.93. The molecule has 0 saturated heterocycles. The number of aromatic nitrogens is 3. The molecule has 14 heavy (non-hydrogen) atoms. The van der Waals surface area contributed by atoms with Crippen molar-refractivity contribution in [3.8, 4) is 17.3 Å². The van der Waals surface area contributed by atoms with Crippen molar-refractivity contribution in [3.05, 3.63) is 36.5 Å². The van der Waals surface area contributed by atoms with Gasteiger partial charge in [0.25, 0.3) is 0 Å². The van der Waals surface area contributed by atoms with Crippen molar-refractivity contribution in [2.75, 3.05) is 7.11 Å². The molecule has 0 spiro atoms. The first-order valence-corrected chi connectivity index (χ1v) is 4.11. The summed E-state index contributed by atoms with van der Waals surface area (Å²) in [5, 5.41) is 7.79. The molecule has 2 heterocycles. The van der Waals surface area contributed by atoms with Crippen LogP contribution < -0.4 is 4.74 Å². The predicted octanol–water partition coefficient (Wildman–Crippen LogP) is 1.35. The molecule has 69 valence electrons. The van der Waals surface area contributed by atoms with Crippen molar-refractivity contribution in [1.29, 1.82) is 0 Å². The van der Waals surface area contributed by atoms with Gasteiger partial charge in [-0.25, -0.2) is 0 Å². The quantitative estimate of drug-likeness (QED) is 0.710. The Hall–Kier alpha value is -1.97. The summed E-state index contributed by atoms with van der Waals surface area (Å²) in [4.78, 5) is 4.11. The molecule has 0 aliphatic rings. The molecule has 0 bridgehead atoms. The van der Waals surface area contributed by atoms with Gasteiger partial charge in [-0.3, -0.25) is 4.98 Å². The first kappa shape index (κ1) is 8.62. The van der Waals surface area contributed by atoms with Gasteiger partial charge in [0.15, 0.2) is 0 Å². The van der Waals surface area contributed by atoms with Crippen molar-refractivity contribution in [2.45, 2.75) is 0 Å². The lowest BCUT2D eigenvalue weighted by atomic mass is 10.2. The second-order valence-electron chi connectivity index (χ2n) is 2.59. The molecule has 0 N–H and O–H groups in total. The minimum atomic E-state index is 0.490. The van der Waals surface area contributed by atoms with E-state index in [0.717, 1.165) is 0 Å². The number of hydrogen-bond acceptors (Lipinski definition) is 4. The number of rotatable bonds is 2. The van der Waals surface area contributed by atoms with Crippen LogP contribution in [-0.4, -0.2) is 22.3 Å². The Morgan fingerprint density at radius 2 is 2.21 bits per heavy atom. The van der Waals surface area contributed by atoms with Crippen molar-refractivity contribution >= 4 is 0 Å². The van der Waals surface area contributed by atoms with Gasteiger partial charge in [0, 0.05) is 18.3 Å². The lowest BCUT2D eigenvalue weighted by molar-refractivity contribution is 0.392. The summed E-state index contributed by atoms with van der Waals surface area (Å²) in [5.41, 5.74) is 1.37. The van der Waals surface area contributed by atoms with Gasteiger partial charge in [-0.05, 0) is 12.1 Å². The zero-order valence-corrected chi connectivity index (χ0v) is 7.64. The molecule has 0 fully saturated rings. The molecule has 0 atom stereocenters. The third kappa shape index (κ3) is 1.69. The fraction of sp³-hybridized carbons (Fsp3) is 0.100. The summed E-state index contributed by atoms with van der Waals surface area (Å²) in [7, 11) is 1.55. The summed E-state index contributed by atoms with van der Waals surface area (Å²) in [5.74, 6) is 0.490. The van der Waals surface area contributed by atoms with Crippen LogP contribution in [0.1, 0.15) is 0 Å². The van der Waals surface area contributed by atoms with E-state index in [2.05, 4.69) is 21.2 Å². The smallest absolute Gasteiger partial charge is 0.233 e. The maximum absolute atomic E-state index is 4.90. The molecule has 2 rings (SSSR count). The van der Waals surface area contributed by atoms with Crippen LogP contribution in [0.25, 0.3) is 11.4 Å². The molecule has 0 aromatic carbocycles. The van der Waals surface area contributed by atoms with E-state index in [1.54, 1.807) is 37.6 Å². The van der Waals surface area contributed by atoms with E-state index < -0.39 is 0 Å². The standard InChI is InChI=1S/C10H8N3O/c1-14-10-6-5-9(12-13-10)8-4-2-3-7-11-8/h2-3,5-7H,1H3. The third-order valence-corrected chi connectivity index (χ3v) is 1.70. The Morgan fingerprint density at radius 3 is 2.79 bits per heavy atom. The van der Waals surface area contributed by atoms with Crippen molar-refractivity contribution in [2.24, 2.45) is 0 Å². The average Bonchev–Trinajstić information content (AvgIpc) is 2.30. The van der Waals surface area contributed by atoms with E-state index in [9.17, 15) is 0 Å². The molecule has 2 aromatic heterocycles. The van der Waals surface area contributed by atoms with E-state index >= 15 is 0 Å². The Bertz CT molecular complexity index is 399. The molecular formula is C10H8N3O. The van der Waals surface area contributed by atoms with Gasteiger partial charge in [0.2, 0.25) is 5.88 Å². The van der Waals surface area contributed by atoms with Gasteiger partial charge in [-0.2, -0.15) is 0 Å². The van der Waals surface area contributed by atoms with Crippen molar-refractivity contribution in [1.82, 2.24) is 15.2 Å². The van der Waals surface area contributed by atoms with Crippen LogP contribution in [0.4, 0.5) is 0 Å². The van der Waals surface area contributed by atoms with Gasteiger partial charge in [-0.15, -0.1) is 10.2 Å². The highest BCUT2D eigenvalue weighted by molar-refractivity contribution is 5.51. The summed E-state index contributed by atoms with van der Waals surface area (Å²) < 4.78 is 4.90. The first-order valence-electron chi connectivity index (χ1n) is 4.11. The van der Waals surface area contributed by atoms with E-state index in [-0.39, 0.29) is 0 Å². The average molecular weight is 186 g/mol. The number of ether oxygens (including phenoxy) is 1. The van der Waals surface area contributed by atoms with Gasteiger partial charge < -0.3 is 4.74 Å². The Morgan fingerprint density at radius 1 is 1.29 bits per heavy atom. The van der Waals surface area contributed by atoms with E-state index in [4.69, 9.17) is 4.74 Å². The van der Waals surface area contributed by atoms with E-state index in [0.29, 0.717) is 17.3 Å². The maximum Gasteiger partial charge on any atom is 0.233 e. The van der Waals surface area contributed by atoms with Gasteiger partial charge in [-0.1, -0.05) is 6.07 Å². The molecular weight excluding hydrogens is 178 g/mol. The fourth-order valence-corrected chi connectivity index (χ4v) is 1.02. The monoisotopic (exact) mass is 186 g/mol. The van der Waals surface area contributed by atoms with E-state index in [1.165, 1.54) is 0 Å². The molecule has 1 radical (unpaired) electrons. The van der Waals surface area contributed by atoms with Crippen molar-refractivity contribution in [3.63, 3.8) is 0 Å². The third-order valence-electron chi connectivity index (χ3n) is 1.70. The Kier molecular flexibility index (Phi) is 2.36. The summed E-state index contributed by atoms with van der Waals surface area (Å²) in [6, 6.07) is 10.1. The largest absolute Gasteiger partial charge is 0.480 e. The second-order valence-corrected chi connectivity index (χ2v) is 2.59. The number of nitrogens with zero attached hydrogens (tertiary/aromatic N) is 3. The highest BCUT2D eigenvalue weighted by Crippen LogP contribution is 2.13. The normalized spacial score (nSPS) is 9.79. The predicted molar refractivity (Wildman–Crippen MR) is 50.7 cm³/mol. The number of hydrogen-bond donors (Lipinski definition) is 0. The molecule has 0 aliphatic carbocycles. The maximum atomic E-state index is 4.90. The number of pyridine rings is 1. The highest BCUT2D eigenvalue weighted by Gasteiger charge is 2.00. The summed E-state index contributed by atoms with van der Waals surface area (Å²) in [6.07, 6.45) is 1.69. The molecule has 2 aromatic rings. The summed E-state index contributed by atoms with van der Waals surface area (Å²) in [6.45, 7) is 0. The minimum absolute atomic E-state index is 0.490. The van der Waals surface area contributed by atoms with E-state index in [1.807, 2.05) is 0 Å². The summed E-state index contributed by atoms with van der Waals surface area (Å²) >= 11 is 0. The lowest BCUT2D eigenvalue weighted by Gasteiger charge is -1.99. The van der Waals surface area contributed by atoms with Gasteiger partial charge in [0.1, 0.15) is 5.69 Å². The fourth-order valence-electron chi connectivity index (χ4n) is 1.02. The Balaban J connectivity index is 2.34. The SMILES string of the molecule is COc1ccc(-c2[c]cccn2)nn1. The molecule has 4 nitrogen and oxygen atoms in total. The second kappa shape index (κ2) is 3.83. The molecule has 0 amide bonds. The van der Waals surface area contributed by atoms with Gasteiger partial charge in [0.05, 0.1) is 12.8 Å². The minimum Gasteiger partial charge on any atom is -0.480 e. The zero-order valence-electron chi connectivity index (χ0n) is 7.64. The van der Waals surface area contributed by atoms with Gasteiger partial charge >= 0.3 is 0 Å². The molecule has 0 aliphatic heterocycles. The van der Waals surface area contributed by atoms with Crippen LogP contribution in [0.15, 0.2) is 30.5 Å². The van der Waals surface area contributed by atoms with Crippen LogP contribution in [0.2, 0.25) is 0 Å². The Labute approximate surface area is 81.6 Å². The number of methoxy groups -OCH3 is 1. The van der Waals surface area contributed by atoms with Crippen LogP contribution in [0.3, 0.4) is 0 Å². The van der Waals surface area contributed by atoms with Crippen LogP contribution in [-0.2, 0) is 0 Å². The van der Waals surface area contributed by atoms with Crippen molar-refractivity contribution < 1.29 is 4.74 Å². The highest BCUT2D eigenvalue weighted by atomic mass is 16.5. The molecule has 0 unspecified atom stereocenters. The first-order chi connectivity index (χ1) is 6.90. The van der Waals surface area contributed by atoms with Crippen LogP contribution in [0, 0.1) is 6.07 Å². The van der Waals surface area contributed by atoms with Crippen LogP contribution >= 0.6 is 0 Å². The van der Waals surface area contributed by atoms with Crippen LogP contribution in [0.5, 0.6) is 5.88 Å². The molecule has 0 saturated carbocycles. The zero-order chi connectivity index (χ0) is 9.80. The molecule has 4 heteroatoms. The topological polar surface area (TPSA) is 47.9 Å².